The molecule has 1 amide bonds. The van der Waals surface area contributed by atoms with Crippen LogP contribution in [0.3, 0.4) is 0 Å². The third kappa shape index (κ3) is 3.50. The van der Waals surface area contributed by atoms with Crippen LogP contribution in [-0.4, -0.2) is 24.8 Å². The highest BCUT2D eigenvalue weighted by atomic mass is 32.2. The van der Waals surface area contributed by atoms with Gasteiger partial charge in [0, 0.05) is 13.2 Å². The van der Waals surface area contributed by atoms with Gasteiger partial charge in [0.2, 0.25) is 0 Å². The molecule has 3 unspecified atom stereocenters. The molecule has 0 heterocycles. The summed E-state index contributed by atoms with van der Waals surface area (Å²) in [6, 6.07) is 18.2. The van der Waals surface area contributed by atoms with Gasteiger partial charge >= 0.3 is 0 Å². The van der Waals surface area contributed by atoms with Crippen LogP contribution in [0.5, 0.6) is 0 Å². The molecule has 2 aromatic rings. The first-order valence-corrected chi connectivity index (χ1v) is 9.37. The number of hydrogen-bond acceptors (Lipinski definition) is 3. The lowest BCUT2D eigenvalue weighted by atomic mass is 10.1. The van der Waals surface area contributed by atoms with Crippen molar-refractivity contribution in [2.24, 2.45) is 0 Å². The fourth-order valence-corrected chi connectivity index (χ4v) is 4.52. The van der Waals surface area contributed by atoms with Crippen LogP contribution >= 0.6 is 11.8 Å². The topological polar surface area (TPSA) is 38.3 Å². The van der Waals surface area contributed by atoms with Crippen LogP contribution in [0.2, 0.25) is 0 Å². The van der Waals surface area contributed by atoms with Crippen molar-refractivity contribution in [3.8, 4) is 0 Å². The van der Waals surface area contributed by atoms with Crippen molar-refractivity contribution in [2.75, 3.05) is 12.9 Å². The molecule has 1 aliphatic carbocycles. The van der Waals surface area contributed by atoms with Crippen LogP contribution < -0.4 is 5.32 Å². The van der Waals surface area contributed by atoms with E-state index in [1.807, 2.05) is 42.1 Å². The van der Waals surface area contributed by atoms with E-state index in [1.54, 1.807) is 7.11 Å². The van der Waals surface area contributed by atoms with Crippen molar-refractivity contribution in [3.05, 3.63) is 71.3 Å². The van der Waals surface area contributed by atoms with Crippen molar-refractivity contribution in [1.82, 2.24) is 5.32 Å². The van der Waals surface area contributed by atoms with Gasteiger partial charge in [-0.1, -0.05) is 61.5 Å². The highest BCUT2D eigenvalue weighted by Gasteiger charge is 2.34. The highest BCUT2D eigenvalue weighted by Crippen LogP contribution is 2.41. The number of methoxy groups -OCH3 is 1. The van der Waals surface area contributed by atoms with E-state index in [-0.39, 0.29) is 11.9 Å². The standard InChI is InChI=1S/C20H23NO2S/c1-3-24-19-16-12-8-7-11-15(16)13-17(19)21-20(22)18(23-2)14-9-5-4-6-10-14/h4-12,17-19H,3,13H2,1-2H3,(H,21,22). The van der Waals surface area contributed by atoms with Crippen LogP contribution in [0.15, 0.2) is 54.6 Å². The number of fused-ring (bicyclic) bond motifs is 1. The molecule has 1 aliphatic rings. The predicted octanol–water partition coefficient (Wildman–Crippen LogP) is 3.91. The predicted molar refractivity (Wildman–Crippen MR) is 99.1 cm³/mol. The first-order valence-electron chi connectivity index (χ1n) is 8.32. The lowest BCUT2D eigenvalue weighted by Crippen LogP contribution is -2.40. The maximum atomic E-state index is 12.8. The number of hydrogen-bond donors (Lipinski definition) is 1. The highest BCUT2D eigenvalue weighted by molar-refractivity contribution is 7.99. The summed E-state index contributed by atoms with van der Waals surface area (Å²) in [6.45, 7) is 2.16. The summed E-state index contributed by atoms with van der Waals surface area (Å²) in [7, 11) is 1.58. The van der Waals surface area contributed by atoms with Gasteiger partial charge in [0.05, 0.1) is 5.25 Å². The van der Waals surface area contributed by atoms with Crippen molar-refractivity contribution >= 4 is 17.7 Å². The minimum Gasteiger partial charge on any atom is -0.367 e. The molecule has 0 spiro atoms. The van der Waals surface area contributed by atoms with Crippen LogP contribution in [0, 0.1) is 0 Å². The fraction of sp³-hybridized carbons (Fsp3) is 0.350. The molecule has 1 N–H and O–H groups in total. The zero-order valence-electron chi connectivity index (χ0n) is 14.1. The van der Waals surface area contributed by atoms with Gasteiger partial charge in [-0.3, -0.25) is 4.79 Å². The number of rotatable bonds is 6. The lowest BCUT2D eigenvalue weighted by Gasteiger charge is -2.24. The van der Waals surface area contributed by atoms with Crippen molar-refractivity contribution in [1.29, 1.82) is 0 Å². The van der Waals surface area contributed by atoms with Crippen LogP contribution in [-0.2, 0) is 16.0 Å². The summed E-state index contributed by atoms with van der Waals surface area (Å²) in [4.78, 5) is 12.8. The number of benzene rings is 2. The van der Waals surface area contributed by atoms with E-state index in [0.29, 0.717) is 5.25 Å². The van der Waals surface area contributed by atoms with E-state index >= 15 is 0 Å². The van der Waals surface area contributed by atoms with E-state index in [0.717, 1.165) is 17.7 Å². The van der Waals surface area contributed by atoms with Crippen LogP contribution in [0.25, 0.3) is 0 Å². The average molecular weight is 341 g/mol. The van der Waals surface area contributed by atoms with Gasteiger partial charge in [0.25, 0.3) is 5.91 Å². The van der Waals surface area contributed by atoms with Crippen LogP contribution in [0.4, 0.5) is 0 Å². The van der Waals surface area contributed by atoms with Gasteiger partial charge in [0.15, 0.2) is 6.10 Å². The van der Waals surface area contributed by atoms with E-state index in [2.05, 4.69) is 36.5 Å². The number of thioether (sulfide) groups is 1. The van der Waals surface area contributed by atoms with Crippen molar-refractivity contribution < 1.29 is 9.53 Å². The molecule has 0 aromatic heterocycles. The molecule has 24 heavy (non-hydrogen) atoms. The maximum absolute atomic E-state index is 12.8. The number of carbonyl (C=O) groups is 1. The second-order valence-corrected chi connectivity index (χ2v) is 7.34. The third-order valence-corrected chi connectivity index (χ3v) is 5.69. The Bertz CT molecular complexity index is 689. The van der Waals surface area contributed by atoms with E-state index in [9.17, 15) is 4.79 Å². The number of nitrogens with one attached hydrogen (secondary N) is 1. The Morgan fingerprint density at radius 1 is 1.21 bits per heavy atom. The Kier molecular flexibility index (Phi) is 5.59. The molecule has 2 aromatic carbocycles. The van der Waals surface area contributed by atoms with Gasteiger partial charge in [0.1, 0.15) is 0 Å². The van der Waals surface area contributed by atoms with Gasteiger partial charge in [-0.2, -0.15) is 11.8 Å². The smallest absolute Gasteiger partial charge is 0.254 e. The first kappa shape index (κ1) is 17.1. The van der Waals surface area contributed by atoms with Gasteiger partial charge in [-0.15, -0.1) is 0 Å². The quantitative estimate of drug-likeness (QED) is 0.866. The van der Waals surface area contributed by atoms with Crippen LogP contribution in [0.1, 0.15) is 35.0 Å². The molecule has 0 fully saturated rings. The van der Waals surface area contributed by atoms with Gasteiger partial charge in [-0.05, 0) is 28.9 Å². The SMILES string of the molecule is CCSC1c2ccccc2CC1NC(=O)C(OC)c1ccccc1. The number of amides is 1. The monoisotopic (exact) mass is 341 g/mol. The summed E-state index contributed by atoms with van der Waals surface area (Å²) >= 11 is 1.89. The zero-order valence-corrected chi connectivity index (χ0v) is 14.9. The minimum atomic E-state index is -0.567. The minimum absolute atomic E-state index is 0.0665. The Balaban J connectivity index is 1.76. The molecule has 0 saturated carbocycles. The van der Waals surface area contributed by atoms with Gasteiger partial charge in [-0.25, -0.2) is 0 Å². The first-order chi connectivity index (χ1) is 11.7. The Morgan fingerprint density at radius 2 is 1.92 bits per heavy atom. The van der Waals surface area contributed by atoms with Crippen molar-refractivity contribution in [2.45, 2.75) is 30.7 Å². The number of carbonyl (C=O) groups excluding carboxylic acids is 1. The molecule has 0 saturated heterocycles. The molecule has 3 rings (SSSR count). The molecular weight excluding hydrogens is 318 g/mol. The van der Waals surface area contributed by atoms with Crippen molar-refractivity contribution in [3.63, 3.8) is 0 Å². The summed E-state index contributed by atoms with van der Waals surface area (Å²) in [5.74, 6) is 0.959. The Morgan fingerprint density at radius 3 is 2.62 bits per heavy atom. The normalized spacial score (nSPS) is 20.4. The third-order valence-electron chi connectivity index (χ3n) is 4.42. The summed E-state index contributed by atoms with van der Waals surface area (Å²) in [5, 5.41) is 3.53. The summed E-state index contributed by atoms with van der Waals surface area (Å²) < 4.78 is 5.46. The molecule has 4 heteroatoms. The molecule has 126 valence electrons. The van der Waals surface area contributed by atoms with E-state index < -0.39 is 6.10 Å². The maximum Gasteiger partial charge on any atom is 0.254 e. The number of ether oxygens (including phenoxy) is 1. The molecule has 0 radical (unpaired) electrons. The molecule has 0 aliphatic heterocycles. The van der Waals surface area contributed by atoms with E-state index in [4.69, 9.17) is 4.74 Å². The fourth-order valence-electron chi connectivity index (χ4n) is 3.35. The average Bonchev–Trinajstić information content (AvgIpc) is 2.94. The lowest BCUT2D eigenvalue weighted by molar-refractivity contribution is -0.132. The van der Waals surface area contributed by atoms with E-state index in [1.165, 1.54) is 11.1 Å². The molecule has 3 nitrogen and oxygen atoms in total. The molecular formula is C20H23NO2S. The Hall–Kier alpha value is -1.78. The van der Waals surface area contributed by atoms with Gasteiger partial charge < -0.3 is 10.1 Å². The Labute approximate surface area is 147 Å². The summed E-state index contributed by atoms with van der Waals surface area (Å²) in [6.07, 6.45) is 0.312. The second kappa shape index (κ2) is 7.86. The molecule has 0 bridgehead atoms. The second-order valence-electron chi connectivity index (χ2n) is 5.92. The molecule has 3 atom stereocenters. The summed E-state index contributed by atoms with van der Waals surface area (Å²) in [5.41, 5.74) is 3.57. The largest absolute Gasteiger partial charge is 0.367 e. The zero-order chi connectivity index (χ0) is 16.9.